The molecular formula is C11H7BrFIN2O. The van der Waals surface area contributed by atoms with Crippen LogP contribution in [-0.2, 0) is 6.54 Å². The van der Waals surface area contributed by atoms with Gasteiger partial charge in [0.25, 0.3) is 5.56 Å². The minimum Gasteiger partial charge on any atom is -0.294 e. The van der Waals surface area contributed by atoms with Crippen molar-refractivity contribution < 1.29 is 4.39 Å². The van der Waals surface area contributed by atoms with Crippen LogP contribution in [0, 0.1) is 9.39 Å². The summed E-state index contributed by atoms with van der Waals surface area (Å²) in [5.41, 5.74) is 0.731. The van der Waals surface area contributed by atoms with Gasteiger partial charge in [-0.15, -0.1) is 0 Å². The first-order chi connectivity index (χ1) is 8.08. The van der Waals surface area contributed by atoms with E-state index in [1.807, 2.05) is 22.6 Å². The van der Waals surface area contributed by atoms with E-state index < -0.39 is 0 Å². The molecule has 0 spiro atoms. The second-order valence-electron chi connectivity index (χ2n) is 3.41. The maximum atomic E-state index is 12.9. The molecule has 0 bridgehead atoms. The van der Waals surface area contributed by atoms with Crippen LogP contribution < -0.4 is 5.56 Å². The Morgan fingerprint density at radius 2 is 2.24 bits per heavy atom. The monoisotopic (exact) mass is 408 g/mol. The molecule has 0 saturated heterocycles. The second kappa shape index (κ2) is 5.26. The zero-order chi connectivity index (χ0) is 12.4. The lowest BCUT2D eigenvalue weighted by atomic mass is 10.2. The topological polar surface area (TPSA) is 34.9 Å². The Morgan fingerprint density at radius 3 is 2.94 bits per heavy atom. The van der Waals surface area contributed by atoms with Gasteiger partial charge in [-0.1, -0.05) is 22.0 Å². The highest BCUT2D eigenvalue weighted by molar-refractivity contribution is 14.1. The molecule has 0 unspecified atom stereocenters. The minimum absolute atomic E-state index is 0.100. The highest BCUT2D eigenvalue weighted by Crippen LogP contribution is 2.18. The van der Waals surface area contributed by atoms with Crippen LogP contribution in [0.4, 0.5) is 4.39 Å². The molecule has 0 amide bonds. The van der Waals surface area contributed by atoms with Crippen molar-refractivity contribution in [3.05, 3.63) is 60.5 Å². The minimum atomic E-state index is -0.311. The molecule has 0 aliphatic rings. The number of benzene rings is 1. The molecule has 0 radical (unpaired) electrons. The quantitative estimate of drug-likeness (QED) is 0.716. The van der Waals surface area contributed by atoms with E-state index in [0.717, 1.165) is 5.56 Å². The lowest BCUT2D eigenvalue weighted by Crippen LogP contribution is -2.23. The number of hydrogen-bond donors (Lipinski definition) is 0. The van der Waals surface area contributed by atoms with E-state index in [-0.39, 0.29) is 11.4 Å². The maximum absolute atomic E-state index is 12.9. The number of halogens is 3. The molecule has 0 saturated carbocycles. The van der Waals surface area contributed by atoms with Crippen molar-refractivity contribution in [1.29, 1.82) is 0 Å². The fourth-order valence-electron chi connectivity index (χ4n) is 1.37. The molecule has 0 fully saturated rings. The Hall–Kier alpha value is -0.760. The van der Waals surface area contributed by atoms with Crippen LogP contribution in [0.1, 0.15) is 5.56 Å². The number of hydrogen-bond acceptors (Lipinski definition) is 2. The summed E-state index contributed by atoms with van der Waals surface area (Å²) in [7, 11) is 0. The summed E-state index contributed by atoms with van der Waals surface area (Å²) in [6.07, 6.45) is 2.99. The zero-order valence-corrected chi connectivity index (χ0v) is 12.3. The van der Waals surface area contributed by atoms with Gasteiger partial charge in [-0.2, -0.15) is 0 Å². The van der Waals surface area contributed by atoms with Crippen molar-refractivity contribution in [2.75, 3.05) is 0 Å². The van der Waals surface area contributed by atoms with Gasteiger partial charge in [-0.05, 0) is 40.3 Å². The Kier molecular flexibility index (Phi) is 3.93. The average Bonchev–Trinajstić information content (AvgIpc) is 2.28. The van der Waals surface area contributed by atoms with Gasteiger partial charge < -0.3 is 0 Å². The van der Waals surface area contributed by atoms with Crippen molar-refractivity contribution >= 4 is 38.5 Å². The molecule has 1 heterocycles. The van der Waals surface area contributed by atoms with Gasteiger partial charge in [-0.25, -0.2) is 9.37 Å². The van der Waals surface area contributed by atoms with Crippen molar-refractivity contribution in [3.63, 3.8) is 0 Å². The van der Waals surface area contributed by atoms with Crippen LogP contribution in [0.15, 0.2) is 40.0 Å². The average molecular weight is 409 g/mol. The van der Waals surface area contributed by atoms with Gasteiger partial charge >= 0.3 is 0 Å². The van der Waals surface area contributed by atoms with Crippen LogP contribution in [0.5, 0.6) is 0 Å². The molecule has 1 aromatic heterocycles. The maximum Gasteiger partial charge on any atom is 0.267 e. The number of aromatic nitrogens is 2. The summed E-state index contributed by atoms with van der Waals surface area (Å²) in [6, 6.07) is 4.39. The fraction of sp³-hybridized carbons (Fsp3) is 0.0909. The summed E-state index contributed by atoms with van der Waals surface area (Å²) in [4.78, 5) is 15.7. The van der Waals surface area contributed by atoms with Crippen LogP contribution in [0.25, 0.3) is 0 Å². The predicted octanol–water partition coefficient (Wildman–Crippen LogP) is 2.80. The standard InChI is InChI=1S/C11H7BrFIN2O/c12-9-3-8(13)2-1-7(9)5-16-6-15-4-10(14)11(16)17/h1-4,6H,5H2. The Labute approximate surface area is 119 Å². The summed E-state index contributed by atoms with van der Waals surface area (Å²) in [5, 5.41) is 0. The van der Waals surface area contributed by atoms with E-state index in [1.165, 1.54) is 29.2 Å². The second-order valence-corrected chi connectivity index (χ2v) is 5.43. The SMILES string of the molecule is O=c1c(I)cncn1Cc1ccc(F)cc1Br. The first kappa shape index (κ1) is 12.7. The molecule has 6 heteroatoms. The fourth-order valence-corrected chi connectivity index (χ4v) is 2.32. The Bertz CT molecular complexity index is 615. The first-order valence-corrected chi connectivity index (χ1v) is 6.59. The van der Waals surface area contributed by atoms with E-state index in [2.05, 4.69) is 20.9 Å². The van der Waals surface area contributed by atoms with Gasteiger partial charge in [0, 0.05) is 10.7 Å². The van der Waals surface area contributed by atoms with E-state index in [9.17, 15) is 9.18 Å². The predicted molar refractivity (Wildman–Crippen MR) is 74.4 cm³/mol. The van der Waals surface area contributed by atoms with E-state index in [1.54, 1.807) is 6.07 Å². The van der Waals surface area contributed by atoms with Crippen LogP contribution in [0.2, 0.25) is 0 Å². The van der Waals surface area contributed by atoms with Gasteiger partial charge in [-0.3, -0.25) is 9.36 Å². The largest absolute Gasteiger partial charge is 0.294 e. The number of rotatable bonds is 2. The summed E-state index contributed by atoms with van der Waals surface area (Å²) in [6.45, 7) is 0.365. The molecular weight excluding hydrogens is 402 g/mol. The molecule has 0 atom stereocenters. The zero-order valence-electron chi connectivity index (χ0n) is 8.53. The molecule has 0 N–H and O–H groups in total. The van der Waals surface area contributed by atoms with Crippen molar-refractivity contribution in [2.24, 2.45) is 0 Å². The molecule has 3 nitrogen and oxygen atoms in total. The molecule has 0 aliphatic carbocycles. The third-order valence-electron chi connectivity index (χ3n) is 2.21. The van der Waals surface area contributed by atoms with E-state index >= 15 is 0 Å². The van der Waals surface area contributed by atoms with Crippen LogP contribution >= 0.6 is 38.5 Å². The highest BCUT2D eigenvalue weighted by Gasteiger charge is 2.05. The Morgan fingerprint density at radius 1 is 1.47 bits per heavy atom. The molecule has 2 rings (SSSR count). The molecule has 17 heavy (non-hydrogen) atoms. The van der Waals surface area contributed by atoms with Crippen LogP contribution in [-0.4, -0.2) is 9.55 Å². The third kappa shape index (κ3) is 2.92. The lowest BCUT2D eigenvalue weighted by Gasteiger charge is -2.07. The summed E-state index contributed by atoms with van der Waals surface area (Å²) in [5.74, 6) is -0.311. The lowest BCUT2D eigenvalue weighted by molar-refractivity contribution is 0.624. The van der Waals surface area contributed by atoms with Gasteiger partial charge in [0.15, 0.2) is 0 Å². The molecule has 88 valence electrons. The van der Waals surface area contributed by atoms with Crippen molar-refractivity contribution in [1.82, 2.24) is 9.55 Å². The van der Waals surface area contributed by atoms with E-state index in [4.69, 9.17) is 0 Å². The summed E-state index contributed by atoms with van der Waals surface area (Å²) < 4.78 is 15.6. The summed E-state index contributed by atoms with van der Waals surface area (Å²) >= 11 is 5.21. The number of nitrogens with zero attached hydrogens (tertiary/aromatic N) is 2. The molecule has 1 aromatic carbocycles. The smallest absolute Gasteiger partial charge is 0.267 e. The van der Waals surface area contributed by atoms with Crippen molar-refractivity contribution in [2.45, 2.75) is 6.54 Å². The normalized spacial score (nSPS) is 10.5. The van der Waals surface area contributed by atoms with Gasteiger partial charge in [0.2, 0.25) is 0 Å². The Balaban J connectivity index is 2.38. The highest BCUT2D eigenvalue weighted by atomic mass is 127. The van der Waals surface area contributed by atoms with Gasteiger partial charge in [0.05, 0.1) is 16.4 Å². The molecule has 2 aromatic rings. The third-order valence-corrected chi connectivity index (χ3v) is 3.69. The first-order valence-electron chi connectivity index (χ1n) is 4.72. The molecule has 0 aliphatic heterocycles. The van der Waals surface area contributed by atoms with Crippen LogP contribution in [0.3, 0.4) is 0 Å². The van der Waals surface area contributed by atoms with Crippen molar-refractivity contribution in [3.8, 4) is 0 Å². The van der Waals surface area contributed by atoms with Gasteiger partial charge in [0.1, 0.15) is 5.82 Å². The van der Waals surface area contributed by atoms with E-state index in [0.29, 0.717) is 14.6 Å².